The van der Waals surface area contributed by atoms with Crippen LogP contribution in [0.4, 0.5) is 5.95 Å². The first-order valence-corrected chi connectivity index (χ1v) is 7.99. The minimum Gasteiger partial charge on any atom is -0.479 e. The molecule has 2 N–H and O–H groups in total. The normalized spacial score (nSPS) is 10.3. The number of aromatic nitrogens is 3. The van der Waals surface area contributed by atoms with E-state index in [-0.39, 0.29) is 5.88 Å². The molecule has 8 heteroatoms. The number of carboxylic acid groups (broad SMARTS) is 1. The number of hydrogen-bond donors (Lipinski definition) is 2. The van der Waals surface area contributed by atoms with E-state index in [4.69, 9.17) is 9.84 Å². The molecule has 0 saturated carbocycles. The van der Waals surface area contributed by atoms with Crippen LogP contribution in [0.2, 0.25) is 0 Å². The van der Waals surface area contributed by atoms with Crippen LogP contribution >= 0.6 is 11.3 Å². The zero-order valence-electron chi connectivity index (χ0n) is 12.5. The molecule has 3 aromatic rings. The Morgan fingerprint density at radius 2 is 2.08 bits per heavy atom. The first-order chi connectivity index (χ1) is 11.7. The highest BCUT2D eigenvalue weighted by Gasteiger charge is 2.09. The second kappa shape index (κ2) is 7.51. The number of nitrogens with zero attached hydrogens (tertiary/aromatic N) is 3. The molecule has 0 aromatic carbocycles. The lowest BCUT2D eigenvalue weighted by Gasteiger charge is -2.09. The molecule has 3 heterocycles. The molecule has 0 aliphatic heterocycles. The first kappa shape index (κ1) is 15.9. The number of anilines is 1. The number of hydrogen-bond acceptors (Lipinski definition) is 7. The molecule has 0 radical (unpaired) electrons. The summed E-state index contributed by atoms with van der Waals surface area (Å²) in [4.78, 5) is 24.5. The summed E-state index contributed by atoms with van der Waals surface area (Å²) in [6.07, 6.45) is 3.32. The average Bonchev–Trinajstić information content (AvgIpc) is 3.12. The Morgan fingerprint density at radius 3 is 2.79 bits per heavy atom. The maximum atomic E-state index is 10.7. The lowest BCUT2D eigenvalue weighted by Crippen LogP contribution is -2.12. The highest BCUT2D eigenvalue weighted by atomic mass is 32.1. The van der Waals surface area contributed by atoms with Crippen LogP contribution in [-0.4, -0.2) is 32.6 Å². The monoisotopic (exact) mass is 342 g/mol. The van der Waals surface area contributed by atoms with Gasteiger partial charge < -0.3 is 15.2 Å². The predicted octanol–water partition coefficient (Wildman–Crippen LogP) is 2.68. The number of carboxylic acids is 1. The highest BCUT2D eigenvalue weighted by molar-refractivity contribution is 7.09. The van der Waals surface area contributed by atoms with Crippen molar-refractivity contribution in [3.63, 3.8) is 0 Å². The summed E-state index contributed by atoms with van der Waals surface area (Å²) < 4.78 is 5.20. The molecule has 0 fully saturated rings. The third-order valence-electron chi connectivity index (χ3n) is 3.02. The van der Waals surface area contributed by atoms with E-state index in [2.05, 4.69) is 20.3 Å². The van der Waals surface area contributed by atoms with E-state index < -0.39 is 12.6 Å². The fraction of sp³-hybridized carbons (Fsp3) is 0.125. The van der Waals surface area contributed by atoms with Crippen molar-refractivity contribution in [1.29, 1.82) is 0 Å². The average molecular weight is 342 g/mol. The Labute approximate surface area is 142 Å². The Hall–Kier alpha value is -3.00. The minimum absolute atomic E-state index is 0.202. The third kappa shape index (κ3) is 4.26. The van der Waals surface area contributed by atoms with Crippen molar-refractivity contribution >= 4 is 23.3 Å². The maximum Gasteiger partial charge on any atom is 0.341 e. The molecule has 3 aromatic heterocycles. The van der Waals surface area contributed by atoms with E-state index in [0.29, 0.717) is 18.2 Å². The van der Waals surface area contributed by atoms with Crippen LogP contribution < -0.4 is 10.1 Å². The molecular formula is C16H14N4O3S. The van der Waals surface area contributed by atoms with Gasteiger partial charge in [0, 0.05) is 28.9 Å². The summed E-state index contributed by atoms with van der Waals surface area (Å²) in [6, 6.07) is 9.21. The van der Waals surface area contributed by atoms with Crippen molar-refractivity contribution in [3.8, 4) is 17.1 Å². The van der Waals surface area contributed by atoms with E-state index in [1.165, 1.54) is 0 Å². The fourth-order valence-electron chi connectivity index (χ4n) is 1.96. The van der Waals surface area contributed by atoms with Gasteiger partial charge in [0.25, 0.3) is 0 Å². The van der Waals surface area contributed by atoms with Gasteiger partial charge >= 0.3 is 5.97 Å². The van der Waals surface area contributed by atoms with Crippen LogP contribution in [0.25, 0.3) is 11.3 Å². The summed E-state index contributed by atoms with van der Waals surface area (Å²) in [5.74, 6) is -0.488. The fourth-order valence-corrected chi connectivity index (χ4v) is 2.61. The molecule has 0 amide bonds. The number of rotatable bonds is 7. The van der Waals surface area contributed by atoms with Crippen molar-refractivity contribution in [2.45, 2.75) is 6.54 Å². The summed E-state index contributed by atoms with van der Waals surface area (Å²) in [5, 5.41) is 13.9. The van der Waals surface area contributed by atoms with Gasteiger partial charge in [-0.1, -0.05) is 6.07 Å². The minimum atomic E-state index is -1.06. The van der Waals surface area contributed by atoms with Crippen molar-refractivity contribution in [1.82, 2.24) is 15.0 Å². The number of carbonyl (C=O) groups is 1. The van der Waals surface area contributed by atoms with Crippen LogP contribution in [0.15, 0.2) is 48.1 Å². The second-order valence-electron chi connectivity index (χ2n) is 4.77. The molecule has 0 aliphatic rings. The number of ether oxygens (including phenoxy) is 1. The largest absolute Gasteiger partial charge is 0.479 e. The van der Waals surface area contributed by atoms with Crippen molar-refractivity contribution in [2.24, 2.45) is 0 Å². The second-order valence-corrected chi connectivity index (χ2v) is 5.80. The van der Waals surface area contributed by atoms with Crippen LogP contribution in [-0.2, 0) is 11.3 Å². The highest BCUT2D eigenvalue weighted by Crippen LogP contribution is 2.22. The summed E-state index contributed by atoms with van der Waals surface area (Å²) in [6.45, 7) is 0.118. The van der Waals surface area contributed by atoms with E-state index >= 15 is 0 Å². The summed E-state index contributed by atoms with van der Waals surface area (Å²) in [5.41, 5.74) is 1.47. The molecule has 0 bridgehead atoms. The van der Waals surface area contributed by atoms with Gasteiger partial charge in [-0.15, -0.1) is 11.3 Å². The van der Waals surface area contributed by atoms with Gasteiger partial charge in [0.15, 0.2) is 6.61 Å². The van der Waals surface area contributed by atoms with Crippen molar-refractivity contribution in [2.75, 3.05) is 11.9 Å². The molecule has 0 atom stereocenters. The van der Waals surface area contributed by atoms with Crippen LogP contribution in [0.3, 0.4) is 0 Å². The van der Waals surface area contributed by atoms with Crippen molar-refractivity contribution in [3.05, 3.63) is 53.0 Å². The number of pyridine rings is 1. The Kier molecular flexibility index (Phi) is 4.97. The molecule has 24 heavy (non-hydrogen) atoms. The van der Waals surface area contributed by atoms with Gasteiger partial charge in [-0.3, -0.25) is 4.98 Å². The lowest BCUT2D eigenvalue weighted by molar-refractivity contribution is -0.139. The zero-order chi connectivity index (χ0) is 16.8. The SMILES string of the molecule is O=C(O)COc1cc(-c2ccncc2)nc(NCc2cccs2)n1. The molecule has 0 aliphatic carbocycles. The topological polar surface area (TPSA) is 97.2 Å². The predicted molar refractivity (Wildman–Crippen MR) is 90.0 cm³/mol. The summed E-state index contributed by atoms with van der Waals surface area (Å²) in [7, 11) is 0. The van der Waals surface area contributed by atoms with Gasteiger partial charge in [-0.2, -0.15) is 4.98 Å². The van der Waals surface area contributed by atoms with Gasteiger partial charge in [0.2, 0.25) is 11.8 Å². The van der Waals surface area contributed by atoms with Gasteiger partial charge in [-0.25, -0.2) is 9.78 Å². The molecule has 3 rings (SSSR count). The smallest absolute Gasteiger partial charge is 0.341 e. The van der Waals surface area contributed by atoms with E-state index in [1.807, 2.05) is 29.6 Å². The zero-order valence-corrected chi connectivity index (χ0v) is 13.4. The maximum absolute atomic E-state index is 10.7. The van der Waals surface area contributed by atoms with Crippen molar-refractivity contribution < 1.29 is 14.6 Å². The standard InChI is InChI=1S/C16H14N4O3S/c21-15(22)10-23-14-8-13(11-3-5-17-6-4-11)19-16(20-14)18-9-12-2-1-7-24-12/h1-8H,9-10H2,(H,21,22)(H,18,19,20). The van der Waals surface area contributed by atoms with E-state index in [9.17, 15) is 4.79 Å². The number of thiophene rings is 1. The van der Waals surface area contributed by atoms with Gasteiger partial charge in [0.1, 0.15) is 0 Å². The van der Waals surface area contributed by atoms with E-state index in [0.717, 1.165) is 10.4 Å². The first-order valence-electron chi connectivity index (χ1n) is 7.11. The number of nitrogens with one attached hydrogen (secondary N) is 1. The van der Waals surface area contributed by atoms with Crippen LogP contribution in [0, 0.1) is 0 Å². The third-order valence-corrected chi connectivity index (χ3v) is 3.90. The molecule has 0 saturated heterocycles. The lowest BCUT2D eigenvalue weighted by atomic mass is 10.2. The Bertz CT molecular complexity index is 809. The summed E-state index contributed by atoms with van der Waals surface area (Å²) >= 11 is 1.63. The van der Waals surface area contributed by atoms with Crippen LogP contribution in [0.5, 0.6) is 5.88 Å². The molecule has 0 spiro atoms. The molecule has 122 valence electrons. The molecule has 7 nitrogen and oxygen atoms in total. The van der Waals surface area contributed by atoms with E-state index in [1.54, 1.807) is 29.8 Å². The van der Waals surface area contributed by atoms with Gasteiger partial charge in [0.05, 0.1) is 12.2 Å². The quantitative estimate of drug-likeness (QED) is 0.681. The molecular weight excluding hydrogens is 328 g/mol. The Balaban J connectivity index is 1.85. The Morgan fingerprint density at radius 1 is 1.25 bits per heavy atom. The van der Waals surface area contributed by atoms with Gasteiger partial charge in [-0.05, 0) is 23.6 Å². The van der Waals surface area contributed by atoms with Crippen LogP contribution in [0.1, 0.15) is 4.88 Å². The number of aliphatic carboxylic acids is 1. The molecule has 0 unspecified atom stereocenters.